The lowest BCUT2D eigenvalue weighted by Crippen LogP contribution is -2.57. The Morgan fingerprint density at radius 2 is 1.79 bits per heavy atom. The average molecular weight is 277 g/mol. The Morgan fingerprint density at radius 3 is 2.16 bits per heavy atom. The maximum absolute atomic E-state index is 12.5. The van der Waals surface area contributed by atoms with Gasteiger partial charge in [0.1, 0.15) is 6.04 Å². The van der Waals surface area contributed by atoms with Crippen molar-refractivity contribution in [1.29, 1.82) is 0 Å². The van der Waals surface area contributed by atoms with Gasteiger partial charge in [-0.25, -0.2) is 4.79 Å². The standard InChI is InChI=1S/C12H14F3NO3/c13-12(14,15)10(19)16-5-7(1-8(16)9(17)18)11-2-6(3-11)4-11/h6-8H,1-5H2,(H,17,18)/t6?,7?,8-,11?/m0/s1. The first-order valence-electron chi connectivity index (χ1n) is 6.33. The summed E-state index contributed by atoms with van der Waals surface area (Å²) in [6, 6.07) is -1.33. The number of rotatable bonds is 2. The zero-order valence-corrected chi connectivity index (χ0v) is 10.1. The molecule has 1 aliphatic heterocycles. The summed E-state index contributed by atoms with van der Waals surface area (Å²) in [7, 11) is 0. The van der Waals surface area contributed by atoms with Crippen molar-refractivity contribution in [3.8, 4) is 0 Å². The van der Waals surface area contributed by atoms with Crippen LogP contribution < -0.4 is 0 Å². The molecule has 0 aromatic rings. The molecule has 0 radical (unpaired) electrons. The Balaban J connectivity index is 1.78. The minimum atomic E-state index is -5.00. The van der Waals surface area contributed by atoms with Crippen molar-refractivity contribution in [2.24, 2.45) is 17.3 Å². The highest BCUT2D eigenvalue weighted by molar-refractivity contribution is 5.87. The second-order valence-corrected chi connectivity index (χ2v) is 6.08. The molecule has 4 rings (SSSR count). The molecular weight excluding hydrogens is 263 g/mol. The van der Waals surface area contributed by atoms with Crippen molar-refractivity contribution in [3.05, 3.63) is 0 Å². The quantitative estimate of drug-likeness (QED) is 0.835. The maximum atomic E-state index is 12.5. The molecule has 1 N–H and O–H groups in total. The summed E-state index contributed by atoms with van der Waals surface area (Å²) in [4.78, 5) is 22.9. The summed E-state index contributed by atoms with van der Waals surface area (Å²) in [5.41, 5.74) is 0.0268. The predicted octanol–water partition coefficient (Wildman–Crippen LogP) is 1.65. The number of alkyl halides is 3. The van der Waals surface area contributed by atoms with Crippen LogP contribution in [0.1, 0.15) is 25.7 Å². The van der Waals surface area contributed by atoms with Crippen molar-refractivity contribution in [1.82, 2.24) is 4.90 Å². The minimum absolute atomic E-state index is 0.0268. The van der Waals surface area contributed by atoms with E-state index in [2.05, 4.69) is 0 Å². The first-order chi connectivity index (χ1) is 8.73. The Labute approximate surface area is 107 Å². The first-order valence-corrected chi connectivity index (χ1v) is 6.33. The van der Waals surface area contributed by atoms with Crippen molar-refractivity contribution in [2.75, 3.05) is 6.54 Å². The molecule has 3 aliphatic carbocycles. The summed E-state index contributed by atoms with van der Waals surface area (Å²) >= 11 is 0. The highest BCUT2D eigenvalue weighted by Gasteiger charge is 2.63. The van der Waals surface area contributed by atoms with Crippen LogP contribution in [0, 0.1) is 17.3 Å². The summed E-state index contributed by atoms with van der Waals surface area (Å²) < 4.78 is 37.4. The van der Waals surface area contributed by atoms with Gasteiger partial charge in [0.15, 0.2) is 0 Å². The van der Waals surface area contributed by atoms with Crippen LogP contribution in [0.3, 0.4) is 0 Å². The third kappa shape index (κ3) is 1.74. The molecule has 4 nitrogen and oxygen atoms in total. The molecule has 4 fully saturated rings. The fourth-order valence-electron chi connectivity index (χ4n) is 3.95. The number of carbonyl (C=O) groups is 2. The molecule has 2 bridgehead atoms. The zero-order valence-electron chi connectivity index (χ0n) is 10.1. The second kappa shape index (κ2) is 3.64. The molecule has 0 spiro atoms. The van der Waals surface area contributed by atoms with Gasteiger partial charge in [-0.2, -0.15) is 13.2 Å². The van der Waals surface area contributed by atoms with Crippen molar-refractivity contribution < 1.29 is 27.9 Å². The third-order valence-electron chi connectivity index (χ3n) is 5.04. The highest BCUT2D eigenvalue weighted by atomic mass is 19.4. The van der Waals surface area contributed by atoms with Crippen LogP contribution in [0.25, 0.3) is 0 Å². The van der Waals surface area contributed by atoms with E-state index >= 15 is 0 Å². The Morgan fingerprint density at radius 1 is 1.21 bits per heavy atom. The molecule has 7 heteroatoms. The van der Waals surface area contributed by atoms with Crippen LogP contribution in [0.15, 0.2) is 0 Å². The smallest absolute Gasteiger partial charge is 0.471 e. The van der Waals surface area contributed by atoms with Gasteiger partial charge in [-0.15, -0.1) is 0 Å². The van der Waals surface area contributed by atoms with Crippen molar-refractivity contribution in [2.45, 2.75) is 37.9 Å². The van der Waals surface area contributed by atoms with E-state index in [1.807, 2.05) is 0 Å². The summed E-state index contributed by atoms with van der Waals surface area (Å²) in [5, 5.41) is 9.02. The summed E-state index contributed by atoms with van der Waals surface area (Å²) in [6.45, 7) is -0.0674. The lowest BCUT2D eigenvalue weighted by molar-refractivity contribution is -0.189. The molecule has 1 unspecified atom stereocenters. The number of likely N-dealkylation sites (tertiary alicyclic amines) is 1. The summed E-state index contributed by atoms with van der Waals surface area (Å²) in [6.07, 6.45) is -1.89. The summed E-state index contributed by atoms with van der Waals surface area (Å²) in [5.74, 6) is -2.78. The molecule has 106 valence electrons. The lowest BCUT2D eigenvalue weighted by Gasteiger charge is -2.65. The number of carboxylic acids is 1. The van der Waals surface area contributed by atoms with Crippen LogP contribution in [0.4, 0.5) is 13.2 Å². The van der Waals surface area contributed by atoms with E-state index < -0.39 is 24.1 Å². The van der Waals surface area contributed by atoms with Crippen LogP contribution >= 0.6 is 0 Å². The number of halogens is 3. The van der Waals surface area contributed by atoms with E-state index in [-0.39, 0.29) is 24.3 Å². The molecule has 3 saturated carbocycles. The maximum Gasteiger partial charge on any atom is 0.471 e. The van der Waals surface area contributed by atoms with E-state index in [1.165, 1.54) is 0 Å². The normalized spacial score (nSPS) is 40.6. The number of hydrogen-bond donors (Lipinski definition) is 1. The average Bonchev–Trinajstić information content (AvgIpc) is 2.54. The fourth-order valence-corrected chi connectivity index (χ4v) is 3.95. The van der Waals surface area contributed by atoms with Gasteiger partial charge in [-0.1, -0.05) is 0 Å². The second-order valence-electron chi connectivity index (χ2n) is 6.08. The number of carboxylic acid groups (broad SMARTS) is 1. The van der Waals surface area contributed by atoms with Crippen LogP contribution in [0.5, 0.6) is 0 Å². The Kier molecular flexibility index (Phi) is 2.44. The minimum Gasteiger partial charge on any atom is -0.480 e. The van der Waals surface area contributed by atoms with Gasteiger partial charge >= 0.3 is 18.1 Å². The van der Waals surface area contributed by atoms with Crippen LogP contribution in [-0.2, 0) is 9.59 Å². The monoisotopic (exact) mass is 277 g/mol. The van der Waals surface area contributed by atoms with Crippen molar-refractivity contribution >= 4 is 11.9 Å². The van der Waals surface area contributed by atoms with Gasteiger partial charge in [-0.05, 0) is 42.9 Å². The van der Waals surface area contributed by atoms with Crippen LogP contribution in [0.2, 0.25) is 0 Å². The molecule has 1 amide bonds. The SMILES string of the molecule is O=C(O)[C@@H]1CC(C23CC(C2)C3)CN1C(=O)C(F)(F)F. The third-order valence-corrected chi connectivity index (χ3v) is 5.04. The molecule has 0 aromatic heterocycles. The zero-order chi connectivity index (χ0) is 14.0. The van der Waals surface area contributed by atoms with E-state index in [9.17, 15) is 22.8 Å². The predicted molar refractivity (Wildman–Crippen MR) is 57.1 cm³/mol. The fraction of sp³-hybridized carbons (Fsp3) is 0.833. The molecule has 4 aliphatic rings. The van der Waals surface area contributed by atoms with E-state index in [4.69, 9.17) is 5.11 Å². The first kappa shape index (κ1) is 12.7. The molecule has 0 aromatic carbocycles. The Hall–Kier alpha value is -1.27. The van der Waals surface area contributed by atoms with Gasteiger partial charge in [-0.3, -0.25) is 4.79 Å². The van der Waals surface area contributed by atoms with Gasteiger partial charge < -0.3 is 10.0 Å². The molecule has 19 heavy (non-hydrogen) atoms. The number of amides is 1. The van der Waals surface area contributed by atoms with Crippen molar-refractivity contribution in [3.63, 3.8) is 0 Å². The molecule has 2 atom stereocenters. The van der Waals surface area contributed by atoms with Gasteiger partial charge in [0.25, 0.3) is 0 Å². The van der Waals surface area contributed by atoms with E-state index in [0.29, 0.717) is 10.8 Å². The number of hydrogen-bond acceptors (Lipinski definition) is 2. The van der Waals surface area contributed by atoms with E-state index in [1.54, 1.807) is 0 Å². The van der Waals surface area contributed by atoms with Gasteiger partial charge in [0.05, 0.1) is 0 Å². The number of aliphatic carboxylic acids is 1. The van der Waals surface area contributed by atoms with E-state index in [0.717, 1.165) is 19.3 Å². The topological polar surface area (TPSA) is 57.6 Å². The van der Waals surface area contributed by atoms with Crippen LogP contribution in [-0.4, -0.2) is 40.6 Å². The highest BCUT2D eigenvalue weighted by Crippen LogP contribution is 2.69. The van der Waals surface area contributed by atoms with Gasteiger partial charge in [0.2, 0.25) is 0 Å². The Bertz CT molecular complexity index is 431. The van der Waals surface area contributed by atoms with Gasteiger partial charge in [0, 0.05) is 6.54 Å². The number of nitrogens with zero attached hydrogens (tertiary/aromatic N) is 1. The number of carbonyl (C=O) groups excluding carboxylic acids is 1. The largest absolute Gasteiger partial charge is 0.480 e. The molecule has 1 saturated heterocycles. The molecular formula is C12H14F3NO3. The molecule has 1 heterocycles. The lowest BCUT2D eigenvalue weighted by atomic mass is 9.40.